The number of hydrogen-bond acceptors (Lipinski definition) is 3. The third-order valence-electron chi connectivity index (χ3n) is 3.05. The van der Waals surface area contributed by atoms with Crippen LogP contribution in [-0.2, 0) is 0 Å². The minimum absolute atomic E-state index is 0.885. The van der Waals surface area contributed by atoms with Gasteiger partial charge in [-0.25, -0.2) is 4.98 Å². The molecule has 0 amide bonds. The van der Waals surface area contributed by atoms with Crippen LogP contribution in [0.4, 0.5) is 5.82 Å². The number of rotatable bonds is 4. The molecular formula is C15H20N2O. The van der Waals surface area contributed by atoms with Crippen molar-refractivity contribution >= 4 is 16.7 Å². The number of anilines is 1. The Morgan fingerprint density at radius 2 is 1.94 bits per heavy atom. The van der Waals surface area contributed by atoms with Crippen molar-refractivity contribution in [1.29, 1.82) is 0 Å². The largest absolute Gasteiger partial charge is 0.497 e. The summed E-state index contributed by atoms with van der Waals surface area (Å²) in [5, 5.41) is 4.50. The minimum Gasteiger partial charge on any atom is -0.497 e. The van der Waals surface area contributed by atoms with Crippen molar-refractivity contribution in [2.75, 3.05) is 19.0 Å². The maximum Gasteiger partial charge on any atom is 0.129 e. The number of nitrogens with one attached hydrogen (secondary N) is 1. The van der Waals surface area contributed by atoms with Gasteiger partial charge in [-0.3, -0.25) is 0 Å². The number of hydrogen-bond donors (Lipinski definition) is 1. The summed E-state index contributed by atoms with van der Waals surface area (Å²) in [7, 11) is 1.69. The second kappa shape index (κ2) is 5.25. The van der Waals surface area contributed by atoms with E-state index in [-0.39, 0.29) is 0 Å². The van der Waals surface area contributed by atoms with Crippen molar-refractivity contribution in [3.05, 3.63) is 29.3 Å². The van der Waals surface area contributed by atoms with E-state index < -0.39 is 0 Å². The smallest absolute Gasteiger partial charge is 0.129 e. The number of benzene rings is 1. The van der Waals surface area contributed by atoms with Gasteiger partial charge in [0.1, 0.15) is 11.6 Å². The highest BCUT2D eigenvalue weighted by molar-refractivity contribution is 5.86. The monoisotopic (exact) mass is 244 g/mol. The van der Waals surface area contributed by atoms with Gasteiger partial charge in [0.05, 0.1) is 12.6 Å². The van der Waals surface area contributed by atoms with E-state index in [0.29, 0.717) is 0 Å². The predicted molar refractivity (Wildman–Crippen MR) is 76.5 cm³/mol. The van der Waals surface area contributed by atoms with Crippen molar-refractivity contribution in [1.82, 2.24) is 4.98 Å². The van der Waals surface area contributed by atoms with Crippen LogP contribution in [0.1, 0.15) is 24.5 Å². The summed E-state index contributed by atoms with van der Waals surface area (Å²) < 4.78 is 5.29. The molecule has 0 radical (unpaired) electrons. The molecule has 0 aliphatic carbocycles. The van der Waals surface area contributed by atoms with Gasteiger partial charge in [-0.15, -0.1) is 0 Å². The van der Waals surface area contributed by atoms with Gasteiger partial charge in [-0.1, -0.05) is 6.92 Å². The molecule has 0 saturated carbocycles. The predicted octanol–water partition coefficient (Wildman–Crippen LogP) is 3.68. The van der Waals surface area contributed by atoms with E-state index in [1.807, 2.05) is 12.1 Å². The molecule has 1 N–H and O–H groups in total. The summed E-state index contributed by atoms with van der Waals surface area (Å²) in [6.45, 7) is 7.25. The Morgan fingerprint density at radius 1 is 1.17 bits per heavy atom. The Labute approximate surface area is 108 Å². The van der Waals surface area contributed by atoms with Gasteiger partial charge in [-0.05, 0) is 49.6 Å². The Bertz CT molecular complexity index is 564. The Morgan fingerprint density at radius 3 is 2.61 bits per heavy atom. The third kappa shape index (κ3) is 2.40. The average molecular weight is 244 g/mol. The van der Waals surface area contributed by atoms with E-state index >= 15 is 0 Å². The van der Waals surface area contributed by atoms with Crippen molar-refractivity contribution in [3.63, 3.8) is 0 Å². The number of fused-ring (bicyclic) bond motifs is 1. The fourth-order valence-corrected chi connectivity index (χ4v) is 2.08. The highest BCUT2D eigenvalue weighted by Gasteiger charge is 2.07. The van der Waals surface area contributed by atoms with Crippen LogP contribution >= 0.6 is 0 Å². The summed E-state index contributed by atoms with van der Waals surface area (Å²) in [5.74, 6) is 1.87. The van der Waals surface area contributed by atoms with Crippen LogP contribution in [0, 0.1) is 13.8 Å². The summed E-state index contributed by atoms with van der Waals surface area (Å²) in [5.41, 5.74) is 3.35. The molecule has 1 aromatic carbocycles. The zero-order valence-corrected chi connectivity index (χ0v) is 11.5. The number of methoxy groups -OCH3 is 1. The second-order valence-corrected chi connectivity index (χ2v) is 4.60. The molecule has 0 atom stereocenters. The number of pyridine rings is 1. The molecule has 3 heteroatoms. The molecule has 3 nitrogen and oxygen atoms in total. The first kappa shape index (κ1) is 12.7. The number of nitrogens with zero attached hydrogens (tertiary/aromatic N) is 1. The Hall–Kier alpha value is -1.77. The maximum atomic E-state index is 5.29. The molecule has 96 valence electrons. The molecule has 1 aromatic heterocycles. The van der Waals surface area contributed by atoms with Crippen LogP contribution in [-0.4, -0.2) is 18.6 Å². The van der Waals surface area contributed by atoms with E-state index in [1.54, 1.807) is 7.11 Å². The van der Waals surface area contributed by atoms with Gasteiger partial charge >= 0.3 is 0 Å². The van der Waals surface area contributed by atoms with Gasteiger partial charge in [0, 0.05) is 11.9 Å². The zero-order chi connectivity index (χ0) is 13.1. The minimum atomic E-state index is 0.885. The van der Waals surface area contributed by atoms with Crippen molar-refractivity contribution in [3.8, 4) is 5.75 Å². The van der Waals surface area contributed by atoms with Gasteiger partial charge in [-0.2, -0.15) is 0 Å². The maximum absolute atomic E-state index is 5.29. The molecule has 2 rings (SSSR count). The van der Waals surface area contributed by atoms with Crippen molar-refractivity contribution in [2.45, 2.75) is 27.2 Å². The van der Waals surface area contributed by atoms with Crippen LogP contribution < -0.4 is 10.1 Å². The lowest BCUT2D eigenvalue weighted by Crippen LogP contribution is -2.04. The fourth-order valence-electron chi connectivity index (χ4n) is 2.08. The van der Waals surface area contributed by atoms with E-state index in [1.165, 1.54) is 5.56 Å². The summed E-state index contributed by atoms with van der Waals surface area (Å²) in [6, 6.07) is 6.22. The Kier molecular flexibility index (Phi) is 3.70. The first-order chi connectivity index (χ1) is 8.65. The molecule has 0 aliphatic rings. The number of aryl methyl sites for hydroxylation is 2. The topological polar surface area (TPSA) is 34.2 Å². The van der Waals surface area contributed by atoms with Gasteiger partial charge in [0.15, 0.2) is 0 Å². The van der Waals surface area contributed by atoms with Gasteiger partial charge < -0.3 is 10.1 Å². The number of aromatic nitrogens is 1. The average Bonchev–Trinajstić information content (AvgIpc) is 2.36. The molecule has 2 aromatic rings. The summed E-state index contributed by atoms with van der Waals surface area (Å²) >= 11 is 0. The highest BCUT2D eigenvalue weighted by atomic mass is 16.5. The molecule has 0 bridgehead atoms. The lowest BCUT2D eigenvalue weighted by molar-refractivity contribution is 0.415. The van der Waals surface area contributed by atoms with Crippen molar-refractivity contribution < 1.29 is 4.74 Å². The molecule has 0 unspecified atom stereocenters. The molecule has 18 heavy (non-hydrogen) atoms. The fraction of sp³-hybridized carbons (Fsp3) is 0.400. The third-order valence-corrected chi connectivity index (χ3v) is 3.05. The summed E-state index contributed by atoms with van der Waals surface area (Å²) in [6.07, 6.45) is 1.10. The molecule has 0 saturated heterocycles. The highest BCUT2D eigenvalue weighted by Crippen LogP contribution is 2.26. The molecule has 0 spiro atoms. The Balaban J connectivity index is 2.53. The second-order valence-electron chi connectivity index (χ2n) is 4.60. The van der Waals surface area contributed by atoms with Crippen LogP contribution in [0.2, 0.25) is 0 Å². The van der Waals surface area contributed by atoms with Crippen LogP contribution in [0.15, 0.2) is 18.2 Å². The molecule has 0 fully saturated rings. The first-order valence-corrected chi connectivity index (χ1v) is 6.35. The molecular weight excluding hydrogens is 224 g/mol. The SMILES string of the molecule is CCCNc1nc2c(C)cc(OC)cc2cc1C. The van der Waals surface area contributed by atoms with E-state index in [0.717, 1.165) is 41.0 Å². The van der Waals surface area contributed by atoms with Crippen LogP contribution in [0.3, 0.4) is 0 Å². The lowest BCUT2D eigenvalue weighted by Gasteiger charge is -2.11. The standard InChI is InChI=1S/C15H20N2O/c1-5-6-16-15-11(3)7-12-9-13(18-4)8-10(2)14(12)17-15/h7-9H,5-6H2,1-4H3,(H,16,17). The molecule has 1 heterocycles. The molecule has 0 aliphatic heterocycles. The van der Waals surface area contributed by atoms with E-state index in [2.05, 4.69) is 32.2 Å². The van der Waals surface area contributed by atoms with Gasteiger partial charge in [0.25, 0.3) is 0 Å². The van der Waals surface area contributed by atoms with Crippen molar-refractivity contribution in [2.24, 2.45) is 0 Å². The number of ether oxygens (including phenoxy) is 1. The normalized spacial score (nSPS) is 10.7. The van der Waals surface area contributed by atoms with E-state index in [9.17, 15) is 0 Å². The van der Waals surface area contributed by atoms with Gasteiger partial charge in [0.2, 0.25) is 0 Å². The quantitative estimate of drug-likeness (QED) is 0.890. The lowest BCUT2D eigenvalue weighted by atomic mass is 10.1. The summed E-state index contributed by atoms with van der Waals surface area (Å²) in [4.78, 5) is 4.72. The van der Waals surface area contributed by atoms with E-state index in [4.69, 9.17) is 9.72 Å². The van der Waals surface area contributed by atoms with Crippen LogP contribution in [0.25, 0.3) is 10.9 Å². The van der Waals surface area contributed by atoms with Crippen LogP contribution in [0.5, 0.6) is 5.75 Å². The zero-order valence-electron chi connectivity index (χ0n) is 11.5. The first-order valence-electron chi connectivity index (χ1n) is 6.35.